The topological polar surface area (TPSA) is 207 Å². The number of unbranched alkanes of at least 4 members (excludes halogenated alkanes) is 5. The number of amides is 2. The maximum Gasteiger partial charge on any atom is 0.322 e. The minimum absolute atomic E-state index is 0.327. The summed E-state index contributed by atoms with van der Waals surface area (Å²) >= 11 is 0. The first-order valence-corrected chi connectivity index (χ1v) is 14.0. The van der Waals surface area contributed by atoms with Crippen LogP contribution in [-0.4, -0.2) is 69.2 Å². The lowest BCUT2D eigenvalue weighted by Crippen LogP contribution is -2.29. The normalized spacial score (nSPS) is 9.26. The predicted molar refractivity (Wildman–Crippen MR) is 161 cm³/mol. The molecule has 0 saturated carbocycles. The zero-order valence-corrected chi connectivity index (χ0v) is 24.8. The fourth-order valence-electron chi connectivity index (χ4n) is 2.92. The first-order valence-electron chi connectivity index (χ1n) is 14.0. The van der Waals surface area contributed by atoms with Crippen molar-refractivity contribution in [2.45, 2.75) is 71.6 Å². The Balaban J connectivity index is 0. The SMILES string of the molecule is CCCCCC(=O)O.CCCCCCC(=O)O.O=C(O)CNC(=O)c1ccccc1.O=C(O)CNC(=O)c1ccccc1. The van der Waals surface area contributed by atoms with Crippen molar-refractivity contribution in [1.82, 2.24) is 10.6 Å². The minimum Gasteiger partial charge on any atom is -0.481 e. The summed E-state index contributed by atoms with van der Waals surface area (Å²) in [7, 11) is 0. The molecule has 0 heterocycles. The van der Waals surface area contributed by atoms with Crippen LogP contribution in [0.15, 0.2) is 60.7 Å². The van der Waals surface area contributed by atoms with E-state index in [9.17, 15) is 28.8 Å². The van der Waals surface area contributed by atoms with Crippen LogP contribution in [0.4, 0.5) is 0 Å². The van der Waals surface area contributed by atoms with Gasteiger partial charge in [0.25, 0.3) is 11.8 Å². The van der Waals surface area contributed by atoms with Gasteiger partial charge in [-0.25, -0.2) is 0 Å². The molecule has 238 valence electrons. The summed E-state index contributed by atoms with van der Waals surface area (Å²) in [6, 6.07) is 16.9. The molecule has 2 aromatic carbocycles. The smallest absolute Gasteiger partial charge is 0.322 e. The standard InChI is InChI=1S/2C9H9NO3.C7H14O2.C6H12O2/c2*11-8(12)6-10-9(13)7-4-2-1-3-5-7;1-2-3-4-5-6-7(8)9;1-2-3-4-5-6(7)8/h2*1-5H,6H2,(H,10,13)(H,11,12);2-6H2,1H3,(H,8,9);2-5H2,1H3,(H,7,8). The molecule has 0 fully saturated rings. The zero-order chi connectivity index (χ0) is 32.9. The van der Waals surface area contributed by atoms with E-state index in [1.165, 1.54) is 6.42 Å². The van der Waals surface area contributed by atoms with Crippen LogP contribution in [0.3, 0.4) is 0 Å². The van der Waals surface area contributed by atoms with Gasteiger partial charge in [-0.05, 0) is 37.1 Å². The molecule has 6 N–H and O–H groups in total. The van der Waals surface area contributed by atoms with Crippen molar-refractivity contribution in [3.8, 4) is 0 Å². The lowest BCUT2D eigenvalue weighted by Gasteiger charge is -2.00. The van der Waals surface area contributed by atoms with Gasteiger partial charge in [0.15, 0.2) is 0 Å². The van der Waals surface area contributed by atoms with Crippen molar-refractivity contribution in [3.63, 3.8) is 0 Å². The van der Waals surface area contributed by atoms with Crippen molar-refractivity contribution in [2.75, 3.05) is 13.1 Å². The second-order valence-corrected chi connectivity index (χ2v) is 8.94. The largest absolute Gasteiger partial charge is 0.481 e. The number of hydrogen-bond donors (Lipinski definition) is 6. The first-order chi connectivity index (χ1) is 20.4. The molecule has 2 aromatic rings. The van der Waals surface area contributed by atoms with Crippen molar-refractivity contribution in [3.05, 3.63) is 71.8 Å². The van der Waals surface area contributed by atoms with Crippen LogP contribution in [0.1, 0.15) is 92.4 Å². The molecule has 0 radical (unpaired) electrons. The lowest BCUT2D eigenvalue weighted by molar-refractivity contribution is -0.138. The number of hydrogen-bond acceptors (Lipinski definition) is 6. The molecule has 0 atom stereocenters. The van der Waals surface area contributed by atoms with Gasteiger partial charge in [-0.1, -0.05) is 82.3 Å². The second kappa shape index (κ2) is 27.4. The fourth-order valence-corrected chi connectivity index (χ4v) is 2.92. The van der Waals surface area contributed by atoms with Gasteiger partial charge in [-0.3, -0.25) is 28.8 Å². The van der Waals surface area contributed by atoms with E-state index in [0.717, 1.165) is 38.5 Å². The van der Waals surface area contributed by atoms with Gasteiger partial charge in [-0.15, -0.1) is 0 Å². The number of nitrogens with one attached hydrogen (secondary N) is 2. The molecule has 0 bridgehead atoms. The Kier molecular flexibility index (Phi) is 25.8. The van der Waals surface area contributed by atoms with E-state index < -0.39 is 23.9 Å². The quantitative estimate of drug-likeness (QED) is 0.154. The number of carboxylic acid groups (broad SMARTS) is 4. The van der Waals surface area contributed by atoms with E-state index in [2.05, 4.69) is 24.5 Å². The van der Waals surface area contributed by atoms with E-state index in [0.29, 0.717) is 24.0 Å². The second-order valence-electron chi connectivity index (χ2n) is 8.94. The molecule has 2 amide bonds. The maximum atomic E-state index is 11.2. The lowest BCUT2D eigenvalue weighted by atomic mass is 10.2. The fraction of sp³-hybridized carbons (Fsp3) is 0.419. The van der Waals surface area contributed by atoms with Gasteiger partial charge in [-0.2, -0.15) is 0 Å². The average Bonchev–Trinajstić information content (AvgIpc) is 2.98. The summed E-state index contributed by atoms with van der Waals surface area (Å²) in [6.45, 7) is 3.46. The van der Waals surface area contributed by atoms with E-state index in [1.54, 1.807) is 60.7 Å². The molecule has 43 heavy (non-hydrogen) atoms. The van der Waals surface area contributed by atoms with Crippen LogP contribution >= 0.6 is 0 Å². The summed E-state index contributed by atoms with van der Waals surface area (Å²) in [4.78, 5) is 62.4. The molecule has 12 heteroatoms. The third-order valence-corrected chi connectivity index (χ3v) is 5.11. The average molecular weight is 605 g/mol. The van der Waals surface area contributed by atoms with Crippen LogP contribution in [-0.2, 0) is 19.2 Å². The summed E-state index contributed by atoms with van der Waals surface area (Å²) in [5.74, 6) is -4.20. The van der Waals surface area contributed by atoms with Gasteiger partial charge in [0.1, 0.15) is 13.1 Å². The van der Waals surface area contributed by atoms with Crippen LogP contribution in [0.5, 0.6) is 0 Å². The number of carboxylic acids is 4. The van der Waals surface area contributed by atoms with Crippen LogP contribution in [0.2, 0.25) is 0 Å². The maximum absolute atomic E-state index is 11.2. The Labute approximate surface area is 252 Å². The number of carbonyl (C=O) groups is 6. The molecule has 0 unspecified atom stereocenters. The molecular weight excluding hydrogens is 560 g/mol. The Morgan fingerprint density at radius 2 is 0.814 bits per heavy atom. The summed E-state index contributed by atoms with van der Waals surface area (Å²) < 4.78 is 0. The number of aliphatic carboxylic acids is 4. The number of carbonyl (C=O) groups excluding carboxylic acids is 2. The van der Waals surface area contributed by atoms with Gasteiger partial charge < -0.3 is 31.1 Å². The Morgan fingerprint density at radius 3 is 1.12 bits per heavy atom. The van der Waals surface area contributed by atoms with E-state index in [4.69, 9.17) is 20.4 Å². The molecule has 0 aliphatic carbocycles. The summed E-state index contributed by atoms with van der Waals surface area (Å²) in [5, 5.41) is 37.5. The highest BCUT2D eigenvalue weighted by Crippen LogP contribution is 2.01. The molecular formula is C31H44N2O10. The predicted octanol–water partition coefficient (Wildman–Crippen LogP) is 4.69. The third-order valence-electron chi connectivity index (χ3n) is 5.11. The highest BCUT2D eigenvalue weighted by molar-refractivity contribution is 5.96. The Morgan fingerprint density at radius 1 is 0.488 bits per heavy atom. The highest BCUT2D eigenvalue weighted by atomic mass is 16.4. The molecule has 0 aliphatic heterocycles. The summed E-state index contributed by atoms with van der Waals surface area (Å²) in [5.41, 5.74) is 0.924. The third kappa shape index (κ3) is 28.6. The number of benzene rings is 2. The Hall–Kier alpha value is -4.74. The van der Waals surface area contributed by atoms with Crippen LogP contribution in [0, 0.1) is 0 Å². The van der Waals surface area contributed by atoms with Gasteiger partial charge in [0, 0.05) is 24.0 Å². The van der Waals surface area contributed by atoms with Crippen LogP contribution < -0.4 is 10.6 Å². The zero-order valence-electron chi connectivity index (χ0n) is 24.8. The van der Waals surface area contributed by atoms with Crippen molar-refractivity contribution >= 4 is 35.7 Å². The van der Waals surface area contributed by atoms with Crippen LogP contribution in [0.25, 0.3) is 0 Å². The highest BCUT2D eigenvalue weighted by Gasteiger charge is 2.06. The molecule has 0 aliphatic rings. The van der Waals surface area contributed by atoms with Gasteiger partial charge in [0.2, 0.25) is 0 Å². The van der Waals surface area contributed by atoms with Crippen molar-refractivity contribution in [2.24, 2.45) is 0 Å². The molecule has 2 rings (SSSR count). The Bertz CT molecular complexity index is 1010. The van der Waals surface area contributed by atoms with Gasteiger partial charge in [0.05, 0.1) is 0 Å². The van der Waals surface area contributed by atoms with E-state index >= 15 is 0 Å². The molecule has 0 spiro atoms. The van der Waals surface area contributed by atoms with Gasteiger partial charge >= 0.3 is 23.9 Å². The molecule has 0 aromatic heterocycles. The van der Waals surface area contributed by atoms with E-state index in [-0.39, 0.29) is 24.9 Å². The molecule has 12 nitrogen and oxygen atoms in total. The molecule has 0 saturated heterocycles. The van der Waals surface area contributed by atoms with E-state index in [1.807, 2.05) is 0 Å². The summed E-state index contributed by atoms with van der Waals surface area (Å²) in [6.07, 6.45) is 7.83. The minimum atomic E-state index is -1.05. The first kappa shape index (κ1) is 40.4. The number of rotatable bonds is 15. The van der Waals surface area contributed by atoms with Crippen molar-refractivity contribution < 1.29 is 49.2 Å². The van der Waals surface area contributed by atoms with Crippen molar-refractivity contribution in [1.29, 1.82) is 0 Å². The monoisotopic (exact) mass is 604 g/mol.